The predicted octanol–water partition coefficient (Wildman–Crippen LogP) is 10.8. The maximum atomic E-state index is 13.8. The number of halogens is 2. The molecule has 8 nitrogen and oxygen atoms in total. The summed E-state index contributed by atoms with van der Waals surface area (Å²) >= 11 is 0. The average molecular weight is 818 g/mol. The quantitative estimate of drug-likeness (QED) is 0.152. The molecule has 1 atom stereocenters. The number of likely N-dealkylation sites (tertiary alicyclic amines) is 1. The van der Waals surface area contributed by atoms with E-state index < -0.39 is 5.54 Å². The molecule has 0 unspecified atom stereocenters. The fourth-order valence-corrected chi connectivity index (χ4v) is 8.52. The van der Waals surface area contributed by atoms with E-state index in [1.54, 1.807) is 19.1 Å². The van der Waals surface area contributed by atoms with Crippen LogP contribution in [0.5, 0.6) is 5.75 Å². The van der Waals surface area contributed by atoms with Gasteiger partial charge in [-0.05, 0) is 73.6 Å². The number of benzene rings is 2. The first-order valence-electron chi connectivity index (χ1n) is 21.6. The summed E-state index contributed by atoms with van der Waals surface area (Å²) in [4.78, 5) is 46.6. The molecule has 316 valence electrons. The standard InChI is InChI=1S/C35H48N4O4.C11H24.2ClH/c1-4-5-21-39-33(41)31(24-26-9-7-6-8-10-26)36-34(42)35(39)19-22-38(23-20-35)25-27-11-13-28(14-12-27)32(40)37(2)29-15-17-30(43-3)18-16-29;1-3-5-7-9-11-10-8-6-4-2;;/h11-18,26,31H,4-10,19-25H2,1-3H3,(H,36,42);3-11H2,1-2H3;2*1H/t31-;;;/m0.../s1. The van der Waals surface area contributed by atoms with Crippen molar-refractivity contribution in [1.82, 2.24) is 15.1 Å². The van der Waals surface area contributed by atoms with E-state index in [1.807, 2.05) is 53.4 Å². The van der Waals surface area contributed by atoms with E-state index in [4.69, 9.17) is 4.74 Å². The number of methoxy groups -OCH3 is 1. The summed E-state index contributed by atoms with van der Waals surface area (Å²) in [7, 11) is 3.40. The first-order chi connectivity index (χ1) is 26.3. The molecule has 1 aliphatic carbocycles. The number of piperidine rings is 1. The van der Waals surface area contributed by atoms with Gasteiger partial charge in [-0.2, -0.15) is 0 Å². The summed E-state index contributed by atoms with van der Waals surface area (Å²) < 4.78 is 5.22. The fraction of sp³-hybridized carbons (Fsp3) is 0.674. The van der Waals surface area contributed by atoms with Crippen LogP contribution >= 0.6 is 24.8 Å². The van der Waals surface area contributed by atoms with Crippen molar-refractivity contribution in [3.05, 3.63) is 59.7 Å². The smallest absolute Gasteiger partial charge is 0.258 e. The van der Waals surface area contributed by atoms with Crippen LogP contribution in [0.2, 0.25) is 0 Å². The van der Waals surface area contributed by atoms with Crippen molar-refractivity contribution >= 4 is 48.2 Å². The lowest BCUT2D eigenvalue weighted by Crippen LogP contribution is -2.73. The number of carbonyl (C=O) groups excluding carboxylic acids is 3. The van der Waals surface area contributed by atoms with E-state index >= 15 is 0 Å². The highest BCUT2D eigenvalue weighted by Crippen LogP contribution is 2.36. The highest BCUT2D eigenvalue weighted by atomic mass is 35.5. The van der Waals surface area contributed by atoms with Gasteiger partial charge in [0.2, 0.25) is 11.8 Å². The maximum Gasteiger partial charge on any atom is 0.258 e. The molecule has 1 N–H and O–H groups in total. The predicted molar refractivity (Wildman–Crippen MR) is 237 cm³/mol. The third kappa shape index (κ3) is 14.2. The lowest BCUT2D eigenvalue weighted by Gasteiger charge is -2.52. The number of carbonyl (C=O) groups is 3. The van der Waals surface area contributed by atoms with Crippen molar-refractivity contribution < 1.29 is 19.1 Å². The van der Waals surface area contributed by atoms with Crippen LogP contribution in [0.1, 0.15) is 159 Å². The molecule has 0 radical (unpaired) electrons. The normalized spacial score (nSPS) is 18.2. The minimum absolute atomic E-state index is 0. The number of hydrogen-bond acceptors (Lipinski definition) is 5. The van der Waals surface area contributed by atoms with Crippen molar-refractivity contribution in [1.29, 1.82) is 0 Å². The highest BCUT2D eigenvalue weighted by molar-refractivity contribution is 6.05. The number of unbranched alkanes of at least 4 members (excludes halogenated alkanes) is 9. The second-order valence-electron chi connectivity index (χ2n) is 16.2. The molecule has 2 aliphatic heterocycles. The van der Waals surface area contributed by atoms with Gasteiger partial charge >= 0.3 is 0 Å². The third-order valence-electron chi connectivity index (χ3n) is 12.1. The Balaban J connectivity index is 0.000000729. The summed E-state index contributed by atoms with van der Waals surface area (Å²) in [6, 6.07) is 14.8. The SMILES string of the molecule is CCCCCCCCCCC.CCCCN1C(=O)[C@H](CC2CCCCC2)NC(=O)C12CCN(Cc1ccc(C(=O)N(C)c3ccc(OC)cc3)cc1)CC2.Cl.Cl. The molecule has 5 rings (SSSR count). The third-order valence-corrected chi connectivity index (χ3v) is 12.1. The molecule has 2 aromatic rings. The minimum Gasteiger partial charge on any atom is -0.497 e. The van der Waals surface area contributed by atoms with Crippen molar-refractivity contribution in [2.45, 2.75) is 161 Å². The Bertz CT molecular complexity index is 1400. The van der Waals surface area contributed by atoms with E-state index in [0.29, 0.717) is 30.9 Å². The van der Waals surface area contributed by atoms with Crippen molar-refractivity contribution in [3.8, 4) is 5.75 Å². The molecule has 10 heteroatoms. The Kier molecular flexibility index (Phi) is 23.1. The Morgan fingerprint density at radius 3 is 1.88 bits per heavy atom. The number of nitrogens with one attached hydrogen (secondary N) is 1. The Hall–Kier alpha value is -2.81. The first-order valence-corrected chi connectivity index (χ1v) is 21.6. The number of anilines is 1. The summed E-state index contributed by atoms with van der Waals surface area (Å²) in [6.45, 7) is 9.58. The molecule has 3 fully saturated rings. The molecular formula is C46H74Cl2N4O4. The molecule has 2 heterocycles. The zero-order valence-electron chi connectivity index (χ0n) is 35.3. The topological polar surface area (TPSA) is 82.2 Å². The molecule has 0 aromatic heterocycles. The first kappa shape index (κ1) is 49.3. The number of ether oxygens (including phenoxy) is 1. The van der Waals surface area contributed by atoms with E-state index in [2.05, 4.69) is 31.0 Å². The number of rotatable bonds is 18. The Morgan fingerprint density at radius 1 is 0.786 bits per heavy atom. The molecule has 1 saturated carbocycles. The van der Waals surface area contributed by atoms with Crippen LogP contribution < -0.4 is 15.0 Å². The molecule has 2 saturated heterocycles. The second-order valence-corrected chi connectivity index (χ2v) is 16.2. The Morgan fingerprint density at radius 2 is 1.34 bits per heavy atom. The van der Waals surface area contributed by atoms with E-state index in [-0.39, 0.29) is 48.6 Å². The van der Waals surface area contributed by atoms with Gasteiger partial charge < -0.3 is 19.9 Å². The molecule has 0 bridgehead atoms. The Labute approximate surface area is 352 Å². The average Bonchev–Trinajstić information content (AvgIpc) is 3.21. The summed E-state index contributed by atoms with van der Waals surface area (Å²) in [5.74, 6) is 1.40. The van der Waals surface area contributed by atoms with Gasteiger partial charge in [0.25, 0.3) is 5.91 Å². The van der Waals surface area contributed by atoms with Gasteiger partial charge in [0.15, 0.2) is 0 Å². The number of amides is 3. The number of nitrogens with zero attached hydrogens (tertiary/aromatic N) is 3. The van der Waals surface area contributed by atoms with Gasteiger partial charge in [-0.15, -0.1) is 24.8 Å². The van der Waals surface area contributed by atoms with Crippen LogP contribution in [0.3, 0.4) is 0 Å². The summed E-state index contributed by atoms with van der Waals surface area (Å²) in [6.07, 6.45) is 23.0. The molecule has 1 spiro atoms. The van der Waals surface area contributed by atoms with Gasteiger partial charge in [0.1, 0.15) is 17.3 Å². The van der Waals surface area contributed by atoms with Gasteiger partial charge in [0.05, 0.1) is 7.11 Å². The highest BCUT2D eigenvalue weighted by Gasteiger charge is 2.53. The lowest BCUT2D eigenvalue weighted by molar-refractivity contribution is -0.162. The lowest BCUT2D eigenvalue weighted by atomic mass is 9.79. The molecule has 3 aliphatic rings. The maximum absolute atomic E-state index is 13.8. The van der Waals surface area contributed by atoms with Crippen molar-refractivity contribution in [3.63, 3.8) is 0 Å². The fourth-order valence-electron chi connectivity index (χ4n) is 8.52. The number of hydrogen-bond donors (Lipinski definition) is 1. The molecule has 3 amide bonds. The number of piperazine rings is 1. The van der Waals surface area contributed by atoms with E-state index in [9.17, 15) is 14.4 Å². The minimum atomic E-state index is -0.742. The van der Waals surface area contributed by atoms with Crippen LogP contribution in [0, 0.1) is 5.92 Å². The summed E-state index contributed by atoms with van der Waals surface area (Å²) in [5, 5.41) is 3.20. The van der Waals surface area contributed by atoms with Crippen LogP contribution in [-0.2, 0) is 16.1 Å². The van der Waals surface area contributed by atoms with Gasteiger partial charge in [-0.25, -0.2) is 0 Å². The van der Waals surface area contributed by atoms with E-state index in [0.717, 1.165) is 55.9 Å². The monoisotopic (exact) mass is 817 g/mol. The van der Waals surface area contributed by atoms with Crippen LogP contribution in [0.25, 0.3) is 0 Å². The van der Waals surface area contributed by atoms with Gasteiger partial charge in [-0.3, -0.25) is 19.3 Å². The summed E-state index contributed by atoms with van der Waals surface area (Å²) in [5.41, 5.74) is 1.81. The van der Waals surface area contributed by atoms with Gasteiger partial charge in [-0.1, -0.05) is 129 Å². The van der Waals surface area contributed by atoms with Gasteiger partial charge in [0, 0.05) is 44.5 Å². The van der Waals surface area contributed by atoms with E-state index in [1.165, 1.54) is 89.9 Å². The second kappa shape index (κ2) is 26.2. The van der Waals surface area contributed by atoms with Crippen LogP contribution in [0.15, 0.2) is 48.5 Å². The molecular weight excluding hydrogens is 743 g/mol. The van der Waals surface area contributed by atoms with Crippen LogP contribution in [0.4, 0.5) is 5.69 Å². The van der Waals surface area contributed by atoms with Crippen molar-refractivity contribution in [2.24, 2.45) is 5.92 Å². The zero-order chi connectivity index (χ0) is 38.8. The zero-order valence-corrected chi connectivity index (χ0v) is 37.0. The van der Waals surface area contributed by atoms with Crippen LogP contribution in [-0.4, -0.2) is 72.9 Å². The molecule has 2 aromatic carbocycles. The van der Waals surface area contributed by atoms with Crippen molar-refractivity contribution in [2.75, 3.05) is 38.7 Å². The largest absolute Gasteiger partial charge is 0.497 e. The molecule has 56 heavy (non-hydrogen) atoms.